The van der Waals surface area contributed by atoms with Gasteiger partial charge in [0.2, 0.25) is 0 Å². The molecule has 0 saturated carbocycles. The van der Waals surface area contributed by atoms with Crippen molar-refractivity contribution in [2.24, 2.45) is 0 Å². The minimum Gasteiger partial charge on any atom is -0.390 e. The lowest BCUT2D eigenvalue weighted by Crippen LogP contribution is -2.38. The molecule has 0 aromatic carbocycles. The molecule has 0 spiro atoms. The van der Waals surface area contributed by atoms with Crippen LogP contribution in [0.2, 0.25) is 0 Å². The van der Waals surface area contributed by atoms with E-state index in [0.29, 0.717) is 25.9 Å². The Hall–Kier alpha value is -0.160. The van der Waals surface area contributed by atoms with Gasteiger partial charge in [-0.25, -0.2) is 0 Å². The van der Waals surface area contributed by atoms with Crippen LogP contribution in [0.1, 0.15) is 32.1 Å². The summed E-state index contributed by atoms with van der Waals surface area (Å²) in [5.74, 6) is 0. The maximum Gasteiger partial charge on any atom is 0.107 e. The van der Waals surface area contributed by atoms with E-state index in [1.165, 1.54) is 12.8 Å². The Morgan fingerprint density at radius 3 is 2.81 bits per heavy atom. The summed E-state index contributed by atoms with van der Waals surface area (Å²) in [7, 11) is 0. The Kier molecular flexibility index (Phi) is 5.03. The fourth-order valence-electron chi connectivity index (χ4n) is 2.34. The van der Waals surface area contributed by atoms with Crippen LogP contribution in [0.5, 0.6) is 0 Å². The molecule has 0 aliphatic carbocycles. The highest BCUT2D eigenvalue weighted by Gasteiger charge is 2.23. The van der Waals surface area contributed by atoms with Gasteiger partial charge < -0.3 is 19.3 Å². The van der Waals surface area contributed by atoms with Crippen LogP contribution in [-0.4, -0.2) is 49.8 Å². The molecular weight excluding hydrogens is 208 g/mol. The van der Waals surface area contributed by atoms with Gasteiger partial charge in [0, 0.05) is 6.61 Å². The van der Waals surface area contributed by atoms with Gasteiger partial charge in [0.25, 0.3) is 0 Å². The Morgan fingerprint density at radius 1 is 1.19 bits per heavy atom. The standard InChI is InChI=1S/C12H22O4/c13-11(12-9-14-7-8-16-12)5-1-3-10-4-2-6-15-10/h10-13H,1-9H2. The monoisotopic (exact) mass is 230 g/mol. The van der Waals surface area contributed by atoms with Gasteiger partial charge in [0.15, 0.2) is 0 Å². The van der Waals surface area contributed by atoms with Crippen LogP contribution < -0.4 is 0 Å². The maximum absolute atomic E-state index is 9.90. The molecule has 2 aliphatic rings. The molecule has 4 nitrogen and oxygen atoms in total. The fraction of sp³-hybridized carbons (Fsp3) is 1.00. The van der Waals surface area contributed by atoms with Crippen LogP contribution in [0.4, 0.5) is 0 Å². The first-order chi connectivity index (χ1) is 7.86. The second kappa shape index (κ2) is 6.55. The van der Waals surface area contributed by atoms with E-state index < -0.39 is 0 Å². The van der Waals surface area contributed by atoms with Crippen LogP contribution in [0.25, 0.3) is 0 Å². The average Bonchev–Trinajstić information content (AvgIpc) is 2.83. The molecule has 3 unspecified atom stereocenters. The van der Waals surface area contributed by atoms with Crippen molar-refractivity contribution in [3.05, 3.63) is 0 Å². The quantitative estimate of drug-likeness (QED) is 0.768. The van der Waals surface area contributed by atoms with Crippen LogP contribution in [0.15, 0.2) is 0 Å². The average molecular weight is 230 g/mol. The molecule has 2 rings (SSSR count). The molecule has 0 radical (unpaired) electrons. The number of hydrogen-bond donors (Lipinski definition) is 1. The normalized spacial score (nSPS) is 32.8. The van der Waals surface area contributed by atoms with Crippen LogP contribution in [0.3, 0.4) is 0 Å². The first kappa shape index (κ1) is 12.3. The van der Waals surface area contributed by atoms with E-state index in [2.05, 4.69) is 0 Å². The summed E-state index contributed by atoms with van der Waals surface area (Å²) in [6.45, 7) is 2.69. The Labute approximate surface area is 96.9 Å². The number of rotatable bonds is 5. The molecule has 0 amide bonds. The minimum absolute atomic E-state index is 0.127. The zero-order chi connectivity index (χ0) is 11.2. The third-order valence-electron chi connectivity index (χ3n) is 3.32. The van der Waals surface area contributed by atoms with E-state index >= 15 is 0 Å². The molecule has 1 N–H and O–H groups in total. The van der Waals surface area contributed by atoms with Crippen molar-refractivity contribution < 1.29 is 19.3 Å². The van der Waals surface area contributed by atoms with E-state index in [1.807, 2.05) is 0 Å². The molecule has 3 atom stereocenters. The highest BCUT2D eigenvalue weighted by atomic mass is 16.6. The van der Waals surface area contributed by atoms with Gasteiger partial charge in [-0.1, -0.05) is 0 Å². The summed E-state index contributed by atoms with van der Waals surface area (Å²) in [5.41, 5.74) is 0. The van der Waals surface area contributed by atoms with Gasteiger partial charge in [-0.2, -0.15) is 0 Å². The van der Waals surface area contributed by atoms with Crippen molar-refractivity contribution in [1.29, 1.82) is 0 Å². The molecule has 0 aromatic rings. The Morgan fingerprint density at radius 2 is 2.12 bits per heavy atom. The molecule has 16 heavy (non-hydrogen) atoms. The lowest BCUT2D eigenvalue weighted by atomic mass is 10.0. The van der Waals surface area contributed by atoms with E-state index in [-0.39, 0.29) is 12.2 Å². The zero-order valence-electron chi connectivity index (χ0n) is 9.77. The van der Waals surface area contributed by atoms with Gasteiger partial charge in [-0.05, 0) is 32.1 Å². The van der Waals surface area contributed by atoms with Crippen molar-refractivity contribution >= 4 is 0 Å². The molecule has 2 fully saturated rings. The smallest absolute Gasteiger partial charge is 0.107 e. The van der Waals surface area contributed by atoms with E-state index in [9.17, 15) is 5.11 Å². The SMILES string of the molecule is OC(CCCC1CCCO1)C1COCCO1. The highest BCUT2D eigenvalue weighted by Crippen LogP contribution is 2.19. The molecule has 94 valence electrons. The number of aliphatic hydroxyl groups excluding tert-OH is 1. The number of ether oxygens (including phenoxy) is 3. The number of aliphatic hydroxyl groups is 1. The van der Waals surface area contributed by atoms with Crippen molar-refractivity contribution in [2.75, 3.05) is 26.4 Å². The largest absolute Gasteiger partial charge is 0.390 e. The number of hydrogen-bond acceptors (Lipinski definition) is 4. The van der Waals surface area contributed by atoms with Gasteiger partial charge in [0.05, 0.1) is 32.0 Å². The molecule has 2 heterocycles. The summed E-state index contributed by atoms with van der Waals surface area (Å²) in [4.78, 5) is 0. The molecule has 4 heteroatoms. The third kappa shape index (κ3) is 3.70. The van der Waals surface area contributed by atoms with E-state index in [4.69, 9.17) is 14.2 Å². The van der Waals surface area contributed by atoms with Crippen molar-refractivity contribution in [3.63, 3.8) is 0 Å². The van der Waals surface area contributed by atoms with Gasteiger partial charge in [0.1, 0.15) is 6.10 Å². The first-order valence-corrected chi connectivity index (χ1v) is 6.35. The Bertz CT molecular complexity index is 185. The van der Waals surface area contributed by atoms with Gasteiger partial charge >= 0.3 is 0 Å². The summed E-state index contributed by atoms with van der Waals surface area (Å²) in [5, 5.41) is 9.90. The minimum atomic E-state index is -0.387. The molecule has 0 aromatic heterocycles. The first-order valence-electron chi connectivity index (χ1n) is 6.35. The van der Waals surface area contributed by atoms with Gasteiger partial charge in [-0.15, -0.1) is 0 Å². The predicted molar refractivity (Wildman–Crippen MR) is 59.4 cm³/mol. The van der Waals surface area contributed by atoms with E-state index in [0.717, 1.165) is 25.9 Å². The summed E-state index contributed by atoms with van der Waals surface area (Å²) in [6.07, 6.45) is 5.13. The summed E-state index contributed by atoms with van der Waals surface area (Å²) < 4.78 is 16.3. The van der Waals surface area contributed by atoms with Crippen molar-refractivity contribution in [3.8, 4) is 0 Å². The lowest BCUT2D eigenvalue weighted by molar-refractivity contribution is -0.133. The van der Waals surface area contributed by atoms with Crippen molar-refractivity contribution in [2.45, 2.75) is 50.4 Å². The summed E-state index contributed by atoms with van der Waals surface area (Å²) in [6, 6.07) is 0. The van der Waals surface area contributed by atoms with Crippen LogP contribution in [-0.2, 0) is 14.2 Å². The van der Waals surface area contributed by atoms with E-state index in [1.54, 1.807) is 0 Å². The van der Waals surface area contributed by atoms with Crippen LogP contribution >= 0.6 is 0 Å². The molecule has 2 saturated heterocycles. The second-order valence-corrected chi connectivity index (χ2v) is 4.62. The third-order valence-corrected chi connectivity index (χ3v) is 3.32. The topological polar surface area (TPSA) is 47.9 Å². The molecule has 2 aliphatic heterocycles. The molecule has 0 bridgehead atoms. The van der Waals surface area contributed by atoms with Gasteiger partial charge in [-0.3, -0.25) is 0 Å². The Balaban J connectivity index is 1.57. The lowest BCUT2D eigenvalue weighted by Gasteiger charge is -2.27. The molecular formula is C12H22O4. The van der Waals surface area contributed by atoms with Crippen molar-refractivity contribution in [1.82, 2.24) is 0 Å². The second-order valence-electron chi connectivity index (χ2n) is 4.62. The fourth-order valence-corrected chi connectivity index (χ4v) is 2.34. The predicted octanol–water partition coefficient (Wildman–Crippen LogP) is 1.11. The van der Waals surface area contributed by atoms with Crippen LogP contribution in [0, 0.1) is 0 Å². The maximum atomic E-state index is 9.90. The zero-order valence-corrected chi connectivity index (χ0v) is 9.77. The highest BCUT2D eigenvalue weighted by molar-refractivity contribution is 4.72. The summed E-state index contributed by atoms with van der Waals surface area (Å²) >= 11 is 0.